The van der Waals surface area contributed by atoms with Crippen molar-refractivity contribution in [3.05, 3.63) is 53.3 Å². The first-order valence-electron chi connectivity index (χ1n) is 9.12. The van der Waals surface area contributed by atoms with Gasteiger partial charge in [-0.2, -0.15) is 0 Å². The molecule has 10 nitrogen and oxygen atoms in total. The number of ether oxygens (including phenoxy) is 2. The number of carbonyl (C=O) groups is 2. The number of benzene rings is 1. The maximum atomic E-state index is 13.8. The van der Waals surface area contributed by atoms with Crippen LogP contribution in [-0.2, 0) is 9.53 Å². The normalized spacial score (nSPS) is 12.5. The summed E-state index contributed by atoms with van der Waals surface area (Å²) in [6.07, 6.45) is 3.87. The summed E-state index contributed by atoms with van der Waals surface area (Å²) >= 11 is 5.67. The first kappa shape index (κ1) is 24.5. The van der Waals surface area contributed by atoms with Crippen molar-refractivity contribution in [2.45, 2.75) is 18.4 Å². The van der Waals surface area contributed by atoms with Gasteiger partial charge in [0.25, 0.3) is 5.91 Å². The molecule has 0 radical (unpaired) electrons. The third-order valence-corrected chi connectivity index (χ3v) is 4.25. The number of rotatable bonds is 11. The van der Waals surface area contributed by atoms with E-state index in [1.165, 1.54) is 37.8 Å². The Labute approximate surface area is 182 Å². The summed E-state index contributed by atoms with van der Waals surface area (Å²) in [6, 6.07) is 2.70. The highest BCUT2D eigenvalue weighted by Gasteiger charge is 2.30. The molecule has 0 fully saturated rings. The van der Waals surface area contributed by atoms with E-state index < -0.39 is 36.7 Å². The van der Waals surface area contributed by atoms with Gasteiger partial charge >= 0.3 is 7.12 Å². The summed E-state index contributed by atoms with van der Waals surface area (Å²) < 4.78 is 24.0. The van der Waals surface area contributed by atoms with Crippen LogP contribution in [0, 0.1) is 5.82 Å². The smallest absolute Gasteiger partial charge is 0.475 e. The van der Waals surface area contributed by atoms with Crippen molar-refractivity contribution in [2.75, 3.05) is 20.3 Å². The highest BCUT2D eigenvalue weighted by atomic mass is 35.5. The summed E-state index contributed by atoms with van der Waals surface area (Å²) in [4.78, 5) is 32.4. The predicted molar refractivity (Wildman–Crippen MR) is 109 cm³/mol. The van der Waals surface area contributed by atoms with Gasteiger partial charge in [-0.25, -0.2) is 9.37 Å². The molecule has 1 unspecified atom stereocenters. The lowest BCUT2D eigenvalue weighted by Gasteiger charge is -2.22. The first-order chi connectivity index (χ1) is 14.8. The van der Waals surface area contributed by atoms with Gasteiger partial charge in [-0.1, -0.05) is 11.6 Å². The Hall–Kier alpha value is -2.80. The van der Waals surface area contributed by atoms with Gasteiger partial charge in [0.1, 0.15) is 11.7 Å². The molecule has 2 atom stereocenters. The van der Waals surface area contributed by atoms with Crippen LogP contribution in [0.1, 0.15) is 16.9 Å². The van der Waals surface area contributed by atoms with E-state index in [9.17, 15) is 24.0 Å². The molecular formula is C18H21BClFN4O6. The molecular weight excluding hydrogens is 433 g/mol. The van der Waals surface area contributed by atoms with Gasteiger partial charge in [-0.15, -0.1) is 0 Å². The molecule has 0 saturated carbocycles. The minimum Gasteiger partial charge on any atom is -0.490 e. The summed E-state index contributed by atoms with van der Waals surface area (Å²) in [7, 11) is -0.594. The summed E-state index contributed by atoms with van der Waals surface area (Å²) in [5.41, 5.74) is -0.00598. The number of nitrogens with one attached hydrogen (secondary N) is 2. The predicted octanol–water partition coefficient (Wildman–Crippen LogP) is -0.0202. The topological polar surface area (TPSA) is 143 Å². The maximum absolute atomic E-state index is 13.8. The second kappa shape index (κ2) is 12.2. The average molecular weight is 455 g/mol. The highest BCUT2D eigenvalue weighted by Crippen LogP contribution is 2.21. The fourth-order valence-corrected chi connectivity index (χ4v) is 2.62. The molecule has 13 heteroatoms. The molecule has 0 aliphatic rings. The number of amides is 2. The van der Waals surface area contributed by atoms with Crippen LogP contribution in [0.25, 0.3) is 0 Å². The summed E-state index contributed by atoms with van der Waals surface area (Å²) in [6.45, 7) is -0.319. The second-order valence-electron chi connectivity index (χ2n) is 6.31. The first-order valence-corrected chi connectivity index (χ1v) is 9.49. The third-order valence-electron chi connectivity index (χ3n) is 4.02. The van der Waals surface area contributed by atoms with E-state index in [0.29, 0.717) is 0 Å². The van der Waals surface area contributed by atoms with E-state index in [-0.39, 0.29) is 36.1 Å². The van der Waals surface area contributed by atoms with Gasteiger partial charge in [0.15, 0.2) is 11.6 Å². The van der Waals surface area contributed by atoms with Crippen molar-refractivity contribution in [2.24, 2.45) is 0 Å². The quantitative estimate of drug-likeness (QED) is 0.347. The highest BCUT2D eigenvalue weighted by molar-refractivity contribution is 6.43. The Balaban J connectivity index is 1.95. The van der Waals surface area contributed by atoms with Crippen molar-refractivity contribution in [1.82, 2.24) is 20.6 Å². The number of carbonyl (C=O) groups excluding carboxylic acids is 2. The van der Waals surface area contributed by atoms with Crippen LogP contribution in [-0.4, -0.2) is 71.3 Å². The molecule has 1 aromatic heterocycles. The molecule has 1 aromatic carbocycles. The largest absolute Gasteiger partial charge is 0.490 e. The van der Waals surface area contributed by atoms with Crippen LogP contribution < -0.4 is 15.4 Å². The van der Waals surface area contributed by atoms with Crippen LogP contribution in [0.15, 0.2) is 36.8 Å². The SMILES string of the molecule is COCC(NC(=O)c1cnccn1)C(=O)N[C@H](CCOc1ccc(Cl)cc1F)B(O)O. The molecule has 0 saturated heterocycles. The Kier molecular flexibility index (Phi) is 9.60. The fraction of sp³-hybridized carbons (Fsp3) is 0.333. The standard InChI is InChI=1S/C18H21BClFN4O6/c1-30-10-14(24-17(26)13-9-22-5-6-23-13)18(27)25-16(19(28)29)4-7-31-15-3-2-11(20)8-12(15)21/h2-3,5-6,8-9,14,16,28-29H,4,7,10H2,1H3,(H,24,26)(H,25,27)/t14?,16-/m1/s1. The van der Waals surface area contributed by atoms with Crippen LogP contribution in [0.4, 0.5) is 4.39 Å². The Morgan fingerprint density at radius 1 is 1.29 bits per heavy atom. The summed E-state index contributed by atoms with van der Waals surface area (Å²) in [5.74, 6) is -3.29. The number of aromatic nitrogens is 2. The Morgan fingerprint density at radius 3 is 2.68 bits per heavy atom. The molecule has 0 aliphatic heterocycles. The van der Waals surface area contributed by atoms with Crippen LogP contribution in [0.5, 0.6) is 5.75 Å². The molecule has 2 rings (SSSR count). The number of nitrogens with zero attached hydrogens (tertiary/aromatic N) is 2. The van der Waals surface area contributed by atoms with E-state index in [4.69, 9.17) is 21.1 Å². The van der Waals surface area contributed by atoms with Crippen LogP contribution in [0.2, 0.25) is 5.02 Å². The van der Waals surface area contributed by atoms with E-state index in [1.54, 1.807) is 0 Å². The molecule has 0 bridgehead atoms. The zero-order valence-corrected chi connectivity index (χ0v) is 17.3. The van der Waals surface area contributed by atoms with Gasteiger partial charge < -0.3 is 30.2 Å². The van der Waals surface area contributed by atoms with Crippen molar-refractivity contribution in [3.63, 3.8) is 0 Å². The van der Waals surface area contributed by atoms with Gasteiger partial charge in [0, 0.05) is 30.9 Å². The van der Waals surface area contributed by atoms with Crippen molar-refractivity contribution in [3.8, 4) is 5.75 Å². The van der Waals surface area contributed by atoms with Gasteiger partial charge in [-0.3, -0.25) is 14.6 Å². The van der Waals surface area contributed by atoms with E-state index in [0.717, 1.165) is 6.07 Å². The molecule has 0 aliphatic carbocycles. The Bertz CT molecular complexity index is 879. The third kappa shape index (κ3) is 7.76. The number of hydrogen-bond donors (Lipinski definition) is 4. The van der Waals surface area contributed by atoms with E-state index >= 15 is 0 Å². The minimum atomic E-state index is -1.93. The van der Waals surface area contributed by atoms with Gasteiger partial charge in [-0.05, 0) is 18.2 Å². The van der Waals surface area contributed by atoms with E-state index in [2.05, 4.69) is 20.6 Å². The van der Waals surface area contributed by atoms with Gasteiger partial charge in [0.2, 0.25) is 5.91 Å². The number of methoxy groups -OCH3 is 1. The van der Waals surface area contributed by atoms with E-state index in [1.807, 2.05) is 0 Å². The van der Waals surface area contributed by atoms with Crippen LogP contribution in [0.3, 0.4) is 0 Å². The number of halogens is 2. The fourth-order valence-electron chi connectivity index (χ4n) is 2.47. The molecule has 31 heavy (non-hydrogen) atoms. The van der Waals surface area contributed by atoms with Crippen molar-refractivity contribution in [1.29, 1.82) is 0 Å². The molecule has 2 amide bonds. The van der Waals surface area contributed by atoms with Crippen LogP contribution >= 0.6 is 11.6 Å². The Morgan fingerprint density at radius 2 is 2.06 bits per heavy atom. The average Bonchev–Trinajstić information content (AvgIpc) is 2.74. The lowest BCUT2D eigenvalue weighted by atomic mass is 9.77. The lowest BCUT2D eigenvalue weighted by Crippen LogP contribution is -2.55. The zero-order valence-electron chi connectivity index (χ0n) is 16.5. The number of hydrogen-bond acceptors (Lipinski definition) is 8. The summed E-state index contributed by atoms with van der Waals surface area (Å²) in [5, 5.41) is 24.2. The second-order valence-corrected chi connectivity index (χ2v) is 6.75. The molecule has 0 spiro atoms. The molecule has 4 N–H and O–H groups in total. The molecule has 166 valence electrons. The van der Waals surface area contributed by atoms with Crippen molar-refractivity contribution < 1.29 is 33.5 Å². The minimum absolute atomic E-state index is 0.00598. The lowest BCUT2D eigenvalue weighted by molar-refractivity contribution is -0.124. The van der Waals surface area contributed by atoms with Gasteiger partial charge in [0.05, 0.1) is 25.4 Å². The molecule has 2 aromatic rings. The molecule has 1 heterocycles. The van der Waals surface area contributed by atoms with Crippen molar-refractivity contribution >= 4 is 30.5 Å². The zero-order chi connectivity index (χ0) is 22.8. The monoisotopic (exact) mass is 454 g/mol. The maximum Gasteiger partial charge on any atom is 0.475 e.